The predicted molar refractivity (Wildman–Crippen MR) is 101 cm³/mol. The van der Waals surface area contributed by atoms with Crippen LogP contribution in [0.15, 0.2) is 41.3 Å². The summed E-state index contributed by atoms with van der Waals surface area (Å²) in [5.74, 6) is -0.503. The lowest BCUT2D eigenvalue weighted by Crippen LogP contribution is -2.23. The molecule has 4 rings (SSSR count). The van der Waals surface area contributed by atoms with Crippen LogP contribution in [0.1, 0.15) is 40.2 Å². The summed E-state index contributed by atoms with van der Waals surface area (Å²) in [5.41, 5.74) is 3.57. The smallest absolute Gasteiger partial charge is 0.341 e. The monoisotopic (exact) mass is 365 g/mol. The number of rotatable bonds is 4. The Kier molecular flexibility index (Phi) is 3.91. The van der Waals surface area contributed by atoms with Crippen LogP contribution in [0.5, 0.6) is 11.5 Å². The molecule has 27 heavy (non-hydrogen) atoms. The second kappa shape index (κ2) is 6.16. The van der Waals surface area contributed by atoms with E-state index in [0.29, 0.717) is 5.75 Å². The summed E-state index contributed by atoms with van der Waals surface area (Å²) in [6, 6.07) is 8.43. The summed E-state index contributed by atoms with van der Waals surface area (Å²) in [7, 11) is 1.49. The van der Waals surface area contributed by atoms with Crippen molar-refractivity contribution in [3.05, 3.63) is 63.6 Å². The second-order valence-electron chi connectivity index (χ2n) is 6.86. The molecule has 0 radical (unpaired) electrons. The van der Waals surface area contributed by atoms with Gasteiger partial charge in [-0.1, -0.05) is 6.07 Å². The highest BCUT2D eigenvalue weighted by atomic mass is 16.5. The number of aromatic nitrogens is 1. The van der Waals surface area contributed by atoms with Gasteiger partial charge in [-0.25, -0.2) is 4.79 Å². The maximum absolute atomic E-state index is 12.6. The molecule has 0 spiro atoms. The van der Waals surface area contributed by atoms with E-state index in [1.54, 1.807) is 30.5 Å². The fraction of sp³-hybridized carbons (Fsp3) is 0.238. The second-order valence-corrected chi connectivity index (χ2v) is 6.86. The number of pyridine rings is 2. The van der Waals surface area contributed by atoms with Gasteiger partial charge in [-0.2, -0.15) is 0 Å². The van der Waals surface area contributed by atoms with E-state index in [4.69, 9.17) is 4.74 Å². The average molecular weight is 365 g/mol. The van der Waals surface area contributed by atoms with Crippen molar-refractivity contribution in [2.24, 2.45) is 0 Å². The van der Waals surface area contributed by atoms with Crippen molar-refractivity contribution in [2.75, 3.05) is 7.11 Å². The number of carbonyl (C=O) groups is 1. The zero-order valence-electron chi connectivity index (χ0n) is 15.0. The number of carboxylic acid groups (broad SMARTS) is 1. The van der Waals surface area contributed by atoms with Crippen LogP contribution < -0.4 is 10.3 Å². The Morgan fingerprint density at radius 3 is 2.59 bits per heavy atom. The van der Waals surface area contributed by atoms with Gasteiger partial charge in [-0.15, -0.1) is 0 Å². The summed E-state index contributed by atoms with van der Waals surface area (Å²) in [6.45, 7) is 1.93. The molecule has 0 bridgehead atoms. The molecule has 0 amide bonds. The molecule has 3 aromatic rings. The molecular weight excluding hydrogens is 346 g/mol. The molecule has 2 N–H and O–H groups in total. The number of benzene rings is 1. The summed E-state index contributed by atoms with van der Waals surface area (Å²) >= 11 is 0. The van der Waals surface area contributed by atoms with Crippen molar-refractivity contribution in [3.63, 3.8) is 0 Å². The maximum atomic E-state index is 12.6. The first-order valence-electron chi connectivity index (χ1n) is 8.72. The Labute approximate surface area is 155 Å². The van der Waals surface area contributed by atoms with E-state index in [0.717, 1.165) is 40.6 Å². The highest BCUT2D eigenvalue weighted by Crippen LogP contribution is 2.43. The van der Waals surface area contributed by atoms with E-state index < -0.39 is 11.5 Å². The van der Waals surface area contributed by atoms with Gasteiger partial charge in [0.05, 0.1) is 12.6 Å². The number of ether oxygens (including phenoxy) is 1. The van der Waals surface area contributed by atoms with Gasteiger partial charge in [0.1, 0.15) is 5.56 Å². The minimum Gasteiger partial charge on any atom is -0.504 e. The van der Waals surface area contributed by atoms with Crippen molar-refractivity contribution < 1.29 is 19.7 Å². The normalized spacial score (nSPS) is 13.7. The fourth-order valence-electron chi connectivity index (χ4n) is 3.61. The van der Waals surface area contributed by atoms with E-state index in [9.17, 15) is 19.8 Å². The summed E-state index contributed by atoms with van der Waals surface area (Å²) in [4.78, 5) is 24.1. The predicted octanol–water partition coefficient (Wildman–Crippen LogP) is 3.56. The van der Waals surface area contributed by atoms with Crippen LogP contribution >= 0.6 is 0 Å². The Balaban J connectivity index is 2.02. The summed E-state index contributed by atoms with van der Waals surface area (Å²) in [5, 5.41) is 19.2. The minimum absolute atomic E-state index is 0.0562. The van der Waals surface area contributed by atoms with Crippen LogP contribution in [0.25, 0.3) is 16.6 Å². The van der Waals surface area contributed by atoms with E-state index in [2.05, 4.69) is 0 Å². The number of nitrogens with zero attached hydrogens (tertiary/aromatic N) is 1. The number of aromatic carboxylic acids is 1. The lowest BCUT2D eigenvalue weighted by Gasteiger charge is -2.16. The number of carboxylic acids is 1. The quantitative estimate of drug-likeness (QED) is 0.738. The Bertz CT molecular complexity index is 1140. The molecule has 1 saturated carbocycles. The van der Waals surface area contributed by atoms with Gasteiger partial charge in [-0.05, 0) is 72.2 Å². The third-order valence-electron chi connectivity index (χ3n) is 5.15. The zero-order valence-corrected chi connectivity index (χ0v) is 15.0. The summed E-state index contributed by atoms with van der Waals surface area (Å²) in [6.07, 6.45) is 3.60. The Morgan fingerprint density at radius 1 is 1.22 bits per heavy atom. The van der Waals surface area contributed by atoms with Crippen LogP contribution in [0, 0.1) is 6.92 Å². The number of aromatic hydroxyl groups is 1. The first-order chi connectivity index (χ1) is 12.9. The van der Waals surface area contributed by atoms with Gasteiger partial charge in [0.25, 0.3) is 5.56 Å². The minimum atomic E-state index is -1.21. The number of hydrogen-bond donors (Lipinski definition) is 2. The molecule has 0 unspecified atom stereocenters. The van der Waals surface area contributed by atoms with Gasteiger partial charge in [0, 0.05) is 6.20 Å². The van der Waals surface area contributed by atoms with Gasteiger partial charge in [0.15, 0.2) is 11.5 Å². The third-order valence-corrected chi connectivity index (χ3v) is 5.15. The fourth-order valence-corrected chi connectivity index (χ4v) is 3.61. The number of phenols is 1. The van der Waals surface area contributed by atoms with Gasteiger partial charge in [0.2, 0.25) is 0 Å². The standard InChI is InChI=1S/C21H19NO5/c1-11-14(13-5-6-17(23)18(9-13)27-2)7-8-22-19(11)15(12-3-4-12)10-16(20(22)24)21(25)26/h5-10,12,23H,3-4H2,1-2H3,(H,25,26). The highest BCUT2D eigenvalue weighted by Gasteiger charge is 2.29. The van der Waals surface area contributed by atoms with Crippen LogP contribution in [-0.2, 0) is 0 Å². The molecule has 0 aliphatic heterocycles. The van der Waals surface area contributed by atoms with E-state index in [-0.39, 0.29) is 17.2 Å². The molecule has 1 aliphatic carbocycles. The van der Waals surface area contributed by atoms with E-state index in [1.165, 1.54) is 17.6 Å². The number of fused-ring (bicyclic) bond motifs is 1. The molecule has 6 nitrogen and oxygen atoms in total. The Morgan fingerprint density at radius 2 is 1.96 bits per heavy atom. The van der Waals surface area contributed by atoms with Gasteiger partial charge < -0.3 is 14.9 Å². The van der Waals surface area contributed by atoms with Crippen LogP contribution in [-0.4, -0.2) is 27.7 Å². The largest absolute Gasteiger partial charge is 0.504 e. The van der Waals surface area contributed by atoms with E-state index in [1.807, 2.05) is 6.92 Å². The molecule has 6 heteroatoms. The molecule has 2 aromatic heterocycles. The van der Waals surface area contributed by atoms with Gasteiger partial charge in [-0.3, -0.25) is 9.20 Å². The Hall–Kier alpha value is -3.28. The number of phenolic OH excluding ortho intramolecular Hbond substituents is 1. The van der Waals surface area contributed by atoms with Crippen molar-refractivity contribution in [1.29, 1.82) is 0 Å². The zero-order chi connectivity index (χ0) is 19.3. The molecule has 1 aliphatic rings. The number of hydrogen-bond acceptors (Lipinski definition) is 4. The average Bonchev–Trinajstić information content (AvgIpc) is 3.48. The third kappa shape index (κ3) is 2.73. The van der Waals surface area contributed by atoms with Crippen LogP contribution in [0.2, 0.25) is 0 Å². The highest BCUT2D eigenvalue weighted by molar-refractivity contribution is 5.89. The first-order valence-corrected chi connectivity index (χ1v) is 8.72. The SMILES string of the molecule is COc1cc(-c2ccn3c(=O)c(C(=O)O)cc(C4CC4)c3c2C)ccc1O. The summed E-state index contributed by atoms with van der Waals surface area (Å²) < 4.78 is 6.64. The van der Waals surface area contributed by atoms with Crippen molar-refractivity contribution in [2.45, 2.75) is 25.7 Å². The lowest BCUT2D eigenvalue weighted by molar-refractivity contribution is 0.0694. The lowest BCUT2D eigenvalue weighted by atomic mass is 9.96. The van der Waals surface area contributed by atoms with Crippen molar-refractivity contribution >= 4 is 11.5 Å². The van der Waals surface area contributed by atoms with E-state index >= 15 is 0 Å². The maximum Gasteiger partial charge on any atom is 0.341 e. The molecule has 0 saturated heterocycles. The molecule has 1 fully saturated rings. The van der Waals surface area contributed by atoms with Crippen molar-refractivity contribution in [3.8, 4) is 22.6 Å². The van der Waals surface area contributed by atoms with Crippen LogP contribution in [0.4, 0.5) is 0 Å². The molecule has 1 aromatic carbocycles. The number of methoxy groups -OCH3 is 1. The molecular formula is C21H19NO5. The molecule has 138 valence electrons. The van der Waals surface area contributed by atoms with Gasteiger partial charge >= 0.3 is 5.97 Å². The molecule has 2 heterocycles. The molecule has 0 atom stereocenters. The number of aryl methyl sites for hydroxylation is 1. The van der Waals surface area contributed by atoms with Crippen LogP contribution in [0.3, 0.4) is 0 Å². The topological polar surface area (TPSA) is 88.2 Å². The first kappa shape index (κ1) is 17.1. The van der Waals surface area contributed by atoms with Crippen molar-refractivity contribution in [1.82, 2.24) is 4.40 Å².